The van der Waals surface area contributed by atoms with Gasteiger partial charge in [-0.05, 0) is 26.2 Å². The van der Waals surface area contributed by atoms with Gasteiger partial charge in [0, 0.05) is 22.3 Å². The molecule has 2 fully saturated rings. The van der Waals surface area contributed by atoms with Crippen molar-refractivity contribution in [3.63, 3.8) is 0 Å². The highest BCUT2D eigenvalue weighted by molar-refractivity contribution is 8.02. The lowest BCUT2D eigenvalue weighted by Crippen LogP contribution is -2.55. The first-order chi connectivity index (χ1) is 5.50. The van der Waals surface area contributed by atoms with Crippen LogP contribution >= 0.6 is 11.8 Å². The van der Waals surface area contributed by atoms with Crippen LogP contribution in [-0.2, 0) is 4.79 Å². The first-order valence-electron chi connectivity index (χ1n) is 4.71. The second-order valence-corrected chi connectivity index (χ2v) is 6.64. The van der Waals surface area contributed by atoms with Crippen molar-refractivity contribution in [3.05, 3.63) is 0 Å². The van der Waals surface area contributed by atoms with Crippen LogP contribution in [0.3, 0.4) is 0 Å². The maximum absolute atomic E-state index is 11.7. The second-order valence-electron chi connectivity index (χ2n) is 4.75. The van der Waals surface area contributed by atoms with Crippen molar-refractivity contribution < 1.29 is 4.79 Å². The number of thioether (sulfide) groups is 1. The third kappa shape index (κ3) is 1.12. The van der Waals surface area contributed by atoms with Crippen LogP contribution in [0.25, 0.3) is 0 Å². The van der Waals surface area contributed by atoms with Crippen molar-refractivity contribution in [1.29, 1.82) is 0 Å². The third-order valence-electron chi connectivity index (χ3n) is 3.11. The van der Waals surface area contributed by atoms with E-state index in [4.69, 9.17) is 0 Å². The molecule has 1 saturated heterocycles. The molecule has 1 nitrogen and oxygen atoms in total. The van der Waals surface area contributed by atoms with Crippen LogP contribution in [0.5, 0.6) is 0 Å². The molecule has 2 rings (SSSR count). The van der Waals surface area contributed by atoms with Gasteiger partial charge in [0.25, 0.3) is 0 Å². The van der Waals surface area contributed by atoms with Crippen molar-refractivity contribution in [2.45, 2.75) is 43.6 Å². The first-order valence-corrected chi connectivity index (χ1v) is 5.59. The number of hydrogen-bond acceptors (Lipinski definition) is 2. The number of carbonyl (C=O) groups excluding carboxylic acids is 1. The molecule has 3 atom stereocenters. The Morgan fingerprint density at radius 3 is 2.67 bits per heavy atom. The van der Waals surface area contributed by atoms with E-state index in [1.807, 2.05) is 11.8 Å². The molecule has 0 amide bonds. The molecule has 0 bridgehead atoms. The Bertz CT molecular complexity index is 220. The van der Waals surface area contributed by atoms with Gasteiger partial charge < -0.3 is 0 Å². The highest BCUT2D eigenvalue weighted by Gasteiger charge is 2.54. The van der Waals surface area contributed by atoms with Gasteiger partial charge in [0.2, 0.25) is 0 Å². The summed E-state index contributed by atoms with van der Waals surface area (Å²) >= 11 is 2.00. The molecule has 12 heavy (non-hydrogen) atoms. The third-order valence-corrected chi connectivity index (χ3v) is 4.74. The summed E-state index contributed by atoms with van der Waals surface area (Å²) in [5.41, 5.74) is 0. The second kappa shape index (κ2) is 2.50. The van der Waals surface area contributed by atoms with Crippen molar-refractivity contribution >= 4 is 17.5 Å². The van der Waals surface area contributed by atoms with Crippen LogP contribution < -0.4 is 0 Å². The van der Waals surface area contributed by atoms with Gasteiger partial charge in [-0.3, -0.25) is 4.79 Å². The molecule has 0 spiro atoms. The molecule has 68 valence electrons. The minimum absolute atomic E-state index is 0.238. The Labute approximate surface area is 78.3 Å². The van der Waals surface area contributed by atoms with E-state index in [9.17, 15) is 4.79 Å². The SMILES string of the molecule is CC1CC(=O)C2C(C1)SC2(C)C. The number of rotatable bonds is 0. The van der Waals surface area contributed by atoms with E-state index in [0.717, 1.165) is 6.42 Å². The molecule has 1 saturated carbocycles. The number of hydrogen-bond donors (Lipinski definition) is 0. The van der Waals surface area contributed by atoms with Crippen molar-refractivity contribution in [1.82, 2.24) is 0 Å². The van der Waals surface area contributed by atoms with E-state index in [1.165, 1.54) is 6.42 Å². The average Bonchev–Trinajstić information content (AvgIpc) is 1.81. The summed E-state index contributed by atoms with van der Waals surface area (Å²) in [6.45, 7) is 6.60. The van der Waals surface area contributed by atoms with Gasteiger partial charge in [0.15, 0.2) is 0 Å². The molecule has 1 aliphatic carbocycles. The summed E-state index contributed by atoms with van der Waals surface area (Å²) in [4.78, 5) is 11.7. The lowest BCUT2D eigenvalue weighted by atomic mass is 9.74. The van der Waals surface area contributed by atoms with Gasteiger partial charge >= 0.3 is 0 Å². The van der Waals surface area contributed by atoms with E-state index < -0.39 is 0 Å². The van der Waals surface area contributed by atoms with Crippen LogP contribution in [0.2, 0.25) is 0 Å². The van der Waals surface area contributed by atoms with Gasteiger partial charge in [0.1, 0.15) is 5.78 Å². The van der Waals surface area contributed by atoms with E-state index in [1.54, 1.807) is 0 Å². The zero-order valence-electron chi connectivity index (χ0n) is 7.96. The quantitative estimate of drug-likeness (QED) is 0.575. The van der Waals surface area contributed by atoms with Gasteiger partial charge in [-0.1, -0.05) is 6.92 Å². The van der Waals surface area contributed by atoms with Crippen molar-refractivity contribution in [3.8, 4) is 0 Å². The molecule has 1 aliphatic heterocycles. The van der Waals surface area contributed by atoms with Gasteiger partial charge in [-0.15, -0.1) is 0 Å². The summed E-state index contributed by atoms with van der Waals surface area (Å²) in [6.07, 6.45) is 2.08. The fourth-order valence-electron chi connectivity index (χ4n) is 2.64. The highest BCUT2D eigenvalue weighted by atomic mass is 32.2. The van der Waals surface area contributed by atoms with Gasteiger partial charge in [-0.2, -0.15) is 11.8 Å². The summed E-state index contributed by atoms with van der Waals surface area (Å²) < 4.78 is 0.238. The molecule has 0 aromatic rings. The standard InChI is InChI=1S/C10H16OS/c1-6-4-7(11)9-8(5-6)12-10(9,2)3/h6,8-9H,4-5H2,1-3H3. The number of fused-ring (bicyclic) bond motifs is 1. The first kappa shape index (κ1) is 8.61. The summed E-state index contributed by atoms with van der Waals surface area (Å²) in [7, 11) is 0. The Balaban J connectivity index is 2.13. The van der Waals surface area contributed by atoms with Crippen molar-refractivity contribution in [2.75, 3.05) is 0 Å². The molecular weight excluding hydrogens is 168 g/mol. The minimum atomic E-state index is 0.238. The Morgan fingerprint density at radius 1 is 1.50 bits per heavy atom. The minimum Gasteiger partial charge on any atom is -0.299 e. The van der Waals surface area contributed by atoms with Crippen molar-refractivity contribution in [2.24, 2.45) is 11.8 Å². The molecule has 1 heterocycles. The summed E-state index contributed by atoms with van der Waals surface area (Å²) in [5.74, 6) is 1.52. The van der Waals surface area contributed by atoms with Crippen LogP contribution in [0.4, 0.5) is 0 Å². The fourth-order valence-corrected chi connectivity index (χ4v) is 4.69. The lowest BCUT2D eigenvalue weighted by Gasteiger charge is -2.53. The maximum atomic E-state index is 11.7. The van der Waals surface area contributed by atoms with Gasteiger partial charge in [0.05, 0.1) is 0 Å². The van der Waals surface area contributed by atoms with E-state index >= 15 is 0 Å². The number of Topliss-reactive ketones (excluding diaryl/α,β-unsaturated/α-hetero) is 1. The average molecular weight is 184 g/mol. The van der Waals surface area contributed by atoms with Gasteiger partial charge in [-0.25, -0.2) is 0 Å². The molecular formula is C10H16OS. The highest BCUT2D eigenvalue weighted by Crippen LogP contribution is 2.56. The molecule has 0 radical (unpaired) electrons. The fraction of sp³-hybridized carbons (Fsp3) is 0.900. The lowest BCUT2D eigenvalue weighted by molar-refractivity contribution is -0.127. The number of ketones is 1. The van der Waals surface area contributed by atoms with E-state index in [2.05, 4.69) is 20.8 Å². The van der Waals surface area contributed by atoms with E-state index in [-0.39, 0.29) is 4.75 Å². The maximum Gasteiger partial charge on any atom is 0.138 e. The van der Waals surface area contributed by atoms with Crippen LogP contribution in [0, 0.1) is 11.8 Å². The topological polar surface area (TPSA) is 17.1 Å². The zero-order chi connectivity index (χ0) is 8.93. The normalized spacial score (nSPS) is 44.9. The predicted octanol–water partition coefficient (Wildman–Crippen LogP) is 2.50. The Kier molecular flexibility index (Phi) is 1.80. The molecule has 0 aromatic heterocycles. The van der Waals surface area contributed by atoms with Crippen LogP contribution in [0.1, 0.15) is 33.6 Å². The summed E-state index contributed by atoms with van der Waals surface area (Å²) in [6, 6.07) is 0. The van der Waals surface area contributed by atoms with Crippen LogP contribution in [0.15, 0.2) is 0 Å². The molecule has 0 aromatic carbocycles. The van der Waals surface area contributed by atoms with E-state index in [0.29, 0.717) is 22.9 Å². The smallest absolute Gasteiger partial charge is 0.138 e. The summed E-state index contributed by atoms with van der Waals surface area (Å²) in [5, 5.41) is 0.649. The molecule has 2 heteroatoms. The number of carbonyl (C=O) groups is 1. The molecule has 0 N–H and O–H groups in total. The Morgan fingerprint density at radius 2 is 2.17 bits per heavy atom. The van der Waals surface area contributed by atoms with Crippen LogP contribution in [-0.4, -0.2) is 15.8 Å². The molecule has 3 unspecified atom stereocenters. The zero-order valence-corrected chi connectivity index (χ0v) is 8.78. The Hall–Kier alpha value is 0.0200. The predicted molar refractivity (Wildman–Crippen MR) is 52.4 cm³/mol. The molecule has 2 aliphatic rings. The monoisotopic (exact) mass is 184 g/mol. The largest absolute Gasteiger partial charge is 0.299 e.